The maximum atomic E-state index is 12.8. The van der Waals surface area contributed by atoms with E-state index in [1.165, 1.54) is 16.7 Å². The van der Waals surface area contributed by atoms with Gasteiger partial charge in [0.15, 0.2) is 5.82 Å². The molecule has 1 aromatic heterocycles. The van der Waals surface area contributed by atoms with Gasteiger partial charge in [-0.3, -0.25) is 14.7 Å². The number of nitrogens with zero attached hydrogens (tertiary/aromatic N) is 3. The normalized spacial score (nSPS) is 16.5. The van der Waals surface area contributed by atoms with Gasteiger partial charge in [0.05, 0.1) is 12.3 Å². The first-order valence-electron chi connectivity index (χ1n) is 9.31. The van der Waals surface area contributed by atoms with Gasteiger partial charge in [0.25, 0.3) is 0 Å². The molecule has 1 fully saturated rings. The van der Waals surface area contributed by atoms with E-state index < -0.39 is 5.25 Å². The van der Waals surface area contributed by atoms with Gasteiger partial charge in [-0.05, 0) is 44.2 Å². The number of H-pyrrole nitrogens is 1. The summed E-state index contributed by atoms with van der Waals surface area (Å²) in [6, 6.07) is 14.9. The van der Waals surface area contributed by atoms with Crippen LogP contribution in [0.5, 0.6) is 5.75 Å². The molecular weight excluding hydrogens is 388 g/mol. The second-order valence-electron chi connectivity index (χ2n) is 6.64. The fourth-order valence-corrected chi connectivity index (χ4v) is 4.10. The van der Waals surface area contributed by atoms with Crippen LogP contribution in [0.1, 0.15) is 18.9 Å². The predicted molar refractivity (Wildman–Crippen MR) is 111 cm³/mol. The van der Waals surface area contributed by atoms with Crippen LogP contribution < -0.4 is 9.64 Å². The van der Waals surface area contributed by atoms with Crippen LogP contribution in [-0.4, -0.2) is 38.9 Å². The summed E-state index contributed by atoms with van der Waals surface area (Å²) >= 11 is 1.20. The summed E-state index contributed by atoms with van der Waals surface area (Å²) < 4.78 is 5.41. The van der Waals surface area contributed by atoms with E-state index in [0.29, 0.717) is 29.0 Å². The number of aryl methyl sites for hydroxylation is 1. The summed E-state index contributed by atoms with van der Waals surface area (Å²) in [6.45, 7) is 4.46. The third-order valence-electron chi connectivity index (χ3n) is 4.52. The third kappa shape index (κ3) is 4.02. The summed E-state index contributed by atoms with van der Waals surface area (Å²) in [7, 11) is 0. The number of benzene rings is 2. The maximum absolute atomic E-state index is 12.8. The van der Waals surface area contributed by atoms with Crippen molar-refractivity contribution >= 4 is 29.3 Å². The molecule has 2 aromatic carbocycles. The summed E-state index contributed by atoms with van der Waals surface area (Å²) in [5.41, 5.74) is 2.59. The Hall–Kier alpha value is -3.13. The van der Waals surface area contributed by atoms with Gasteiger partial charge >= 0.3 is 0 Å². The summed E-state index contributed by atoms with van der Waals surface area (Å²) in [4.78, 5) is 31.0. The highest BCUT2D eigenvalue weighted by Gasteiger charge is 2.40. The first kappa shape index (κ1) is 19.2. The average Bonchev–Trinajstić information content (AvgIpc) is 3.28. The van der Waals surface area contributed by atoms with Crippen molar-refractivity contribution < 1.29 is 14.3 Å². The first-order chi connectivity index (χ1) is 14.0. The molecule has 2 heterocycles. The van der Waals surface area contributed by atoms with E-state index in [0.717, 1.165) is 11.1 Å². The van der Waals surface area contributed by atoms with Crippen molar-refractivity contribution in [3.8, 4) is 17.1 Å². The number of rotatable bonds is 6. The van der Waals surface area contributed by atoms with Gasteiger partial charge in [-0.15, -0.1) is 5.10 Å². The lowest BCUT2D eigenvalue weighted by Gasteiger charge is -2.15. The topological polar surface area (TPSA) is 88.2 Å². The molecule has 0 unspecified atom stereocenters. The van der Waals surface area contributed by atoms with Gasteiger partial charge in [-0.1, -0.05) is 35.5 Å². The molecular formula is C21H20N4O3S. The summed E-state index contributed by atoms with van der Waals surface area (Å²) in [5, 5.41) is 7.01. The van der Waals surface area contributed by atoms with Crippen LogP contribution in [-0.2, 0) is 9.59 Å². The minimum atomic E-state index is -0.546. The molecule has 0 bridgehead atoms. The van der Waals surface area contributed by atoms with Crippen molar-refractivity contribution in [3.63, 3.8) is 0 Å². The van der Waals surface area contributed by atoms with E-state index in [4.69, 9.17) is 4.74 Å². The van der Waals surface area contributed by atoms with E-state index in [9.17, 15) is 9.59 Å². The standard InChI is InChI=1S/C21H20N4O3S/c1-3-28-16-9-7-15(8-10-16)25-18(26)12-17(20(25)27)29-21-22-19(23-24-21)14-6-4-5-13(2)11-14/h4-11,17H,3,12H2,1-2H3,(H,22,23,24)/t17-/m1/s1. The number of aromatic nitrogens is 3. The lowest BCUT2D eigenvalue weighted by atomic mass is 10.1. The molecule has 3 aromatic rings. The smallest absolute Gasteiger partial charge is 0.247 e. The van der Waals surface area contributed by atoms with Crippen molar-refractivity contribution in [1.29, 1.82) is 0 Å². The summed E-state index contributed by atoms with van der Waals surface area (Å²) in [5.74, 6) is 0.846. The molecule has 1 saturated heterocycles. The van der Waals surface area contributed by atoms with Gasteiger partial charge in [-0.25, -0.2) is 9.88 Å². The van der Waals surface area contributed by atoms with E-state index in [2.05, 4.69) is 15.2 Å². The highest BCUT2D eigenvalue weighted by Crippen LogP contribution is 2.33. The number of thioether (sulfide) groups is 1. The molecule has 0 spiro atoms. The highest BCUT2D eigenvalue weighted by atomic mass is 32.2. The predicted octanol–water partition coefficient (Wildman–Crippen LogP) is 3.60. The van der Waals surface area contributed by atoms with Gasteiger partial charge in [0, 0.05) is 12.0 Å². The second kappa shape index (κ2) is 8.08. The van der Waals surface area contributed by atoms with E-state index >= 15 is 0 Å². The van der Waals surface area contributed by atoms with Gasteiger partial charge in [0.2, 0.25) is 17.0 Å². The zero-order valence-electron chi connectivity index (χ0n) is 16.1. The third-order valence-corrected chi connectivity index (χ3v) is 5.56. The number of hydrogen-bond acceptors (Lipinski definition) is 6. The molecule has 29 heavy (non-hydrogen) atoms. The lowest BCUT2D eigenvalue weighted by Crippen LogP contribution is -2.31. The van der Waals surface area contributed by atoms with Crippen LogP contribution in [0.3, 0.4) is 0 Å². The highest BCUT2D eigenvalue weighted by molar-refractivity contribution is 8.00. The SMILES string of the molecule is CCOc1ccc(N2C(=O)C[C@@H](Sc3n[nH]c(-c4cccc(C)c4)n3)C2=O)cc1. The molecule has 4 rings (SSSR count). The number of carbonyl (C=O) groups is 2. The Morgan fingerprint density at radius 3 is 2.72 bits per heavy atom. The molecule has 0 saturated carbocycles. The molecule has 8 heteroatoms. The van der Waals surface area contributed by atoms with Crippen LogP contribution in [0.4, 0.5) is 5.69 Å². The molecule has 148 valence electrons. The molecule has 0 radical (unpaired) electrons. The average molecular weight is 408 g/mol. The number of nitrogens with one attached hydrogen (secondary N) is 1. The Balaban J connectivity index is 1.48. The number of hydrogen-bond donors (Lipinski definition) is 1. The van der Waals surface area contributed by atoms with E-state index in [1.807, 2.05) is 38.1 Å². The number of ether oxygens (including phenoxy) is 1. The molecule has 1 aliphatic rings. The minimum Gasteiger partial charge on any atom is -0.494 e. The summed E-state index contributed by atoms with van der Waals surface area (Å²) in [6.07, 6.45) is 0.116. The second-order valence-corrected chi connectivity index (χ2v) is 7.81. The number of carbonyl (C=O) groups excluding carboxylic acids is 2. The quantitative estimate of drug-likeness (QED) is 0.627. The van der Waals surface area contributed by atoms with Crippen LogP contribution in [0.2, 0.25) is 0 Å². The van der Waals surface area contributed by atoms with Crippen LogP contribution in [0.15, 0.2) is 53.7 Å². The molecule has 0 aliphatic carbocycles. The number of anilines is 1. The van der Waals surface area contributed by atoms with Gasteiger partial charge in [-0.2, -0.15) is 0 Å². The fraction of sp³-hybridized carbons (Fsp3) is 0.238. The Morgan fingerprint density at radius 2 is 2.00 bits per heavy atom. The Labute approximate surface area is 172 Å². The first-order valence-corrected chi connectivity index (χ1v) is 10.2. The number of amides is 2. The van der Waals surface area contributed by atoms with Crippen LogP contribution >= 0.6 is 11.8 Å². The molecule has 7 nitrogen and oxygen atoms in total. The Bertz CT molecular complexity index is 1050. The van der Waals surface area contributed by atoms with E-state index in [-0.39, 0.29) is 18.2 Å². The molecule has 1 N–H and O–H groups in total. The van der Waals surface area contributed by atoms with E-state index in [1.54, 1.807) is 24.3 Å². The van der Waals surface area contributed by atoms with Crippen LogP contribution in [0, 0.1) is 6.92 Å². The molecule has 2 amide bonds. The molecule has 1 atom stereocenters. The van der Waals surface area contributed by atoms with Crippen molar-refractivity contribution in [2.45, 2.75) is 30.7 Å². The zero-order chi connectivity index (χ0) is 20.4. The van der Waals surface area contributed by atoms with Crippen LogP contribution in [0.25, 0.3) is 11.4 Å². The Kier molecular flexibility index (Phi) is 5.35. The number of imide groups is 1. The lowest BCUT2D eigenvalue weighted by molar-refractivity contribution is -0.121. The molecule has 1 aliphatic heterocycles. The monoisotopic (exact) mass is 408 g/mol. The van der Waals surface area contributed by atoms with Crippen molar-refractivity contribution in [2.24, 2.45) is 0 Å². The van der Waals surface area contributed by atoms with Crippen molar-refractivity contribution in [3.05, 3.63) is 54.1 Å². The van der Waals surface area contributed by atoms with Gasteiger partial charge < -0.3 is 4.74 Å². The van der Waals surface area contributed by atoms with Crippen molar-refractivity contribution in [1.82, 2.24) is 15.2 Å². The van der Waals surface area contributed by atoms with Gasteiger partial charge in [0.1, 0.15) is 11.0 Å². The Morgan fingerprint density at radius 1 is 1.21 bits per heavy atom. The largest absolute Gasteiger partial charge is 0.494 e. The minimum absolute atomic E-state index is 0.116. The van der Waals surface area contributed by atoms with Crippen molar-refractivity contribution in [2.75, 3.05) is 11.5 Å². The fourth-order valence-electron chi connectivity index (χ4n) is 3.17. The maximum Gasteiger partial charge on any atom is 0.247 e. The number of aromatic amines is 1. The zero-order valence-corrected chi connectivity index (χ0v) is 16.9.